The molecule has 0 atom stereocenters. The van der Waals surface area contributed by atoms with E-state index in [0.29, 0.717) is 41.2 Å². The topological polar surface area (TPSA) is 42.2 Å². The summed E-state index contributed by atoms with van der Waals surface area (Å²) in [5.41, 5.74) is 0.507. The Balaban J connectivity index is 1.76. The van der Waals surface area contributed by atoms with Crippen LogP contribution in [0.3, 0.4) is 0 Å². The maximum Gasteiger partial charge on any atom is 0.137 e. The van der Waals surface area contributed by atoms with Gasteiger partial charge in [-0.1, -0.05) is 28.1 Å². The highest BCUT2D eigenvalue weighted by Crippen LogP contribution is 2.21. The molecule has 2 rings (SSSR count). The highest BCUT2D eigenvalue weighted by Gasteiger charge is 2.02. The SMILES string of the molecule is N#Cc1ccccc1OCCCOc1cc(F)cc(Br)c1. The second-order valence-electron chi connectivity index (χ2n) is 4.26. The molecule has 0 radical (unpaired) electrons. The van der Waals surface area contributed by atoms with Gasteiger partial charge in [-0.05, 0) is 24.3 Å². The predicted octanol–water partition coefficient (Wildman–Crippen LogP) is 4.31. The zero-order valence-electron chi connectivity index (χ0n) is 11.2. The van der Waals surface area contributed by atoms with E-state index in [9.17, 15) is 4.39 Å². The first kappa shape index (κ1) is 15.3. The first-order valence-electron chi connectivity index (χ1n) is 6.40. The molecule has 0 aliphatic rings. The molecule has 0 saturated heterocycles. The van der Waals surface area contributed by atoms with E-state index in [1.165, 1.54) is 12.1 Å². The van der Waals surface area contributed by atoms with Crippen LogP contribution in [0, 0.1) is 17.1 Å². The first-order valence-corrected chi connectivity index (χ1v) is 7.19. The minimum atomic E-state index is -0.349. The Hall–Kier alpha value is -2.06. The lowest BCUT2D eigenvalue weighted by Crippen LogP contribution is -2.05. The molecule has 0 bridgehead atoms. The third-order valence-electron chi connectivity index (χ3n) is 2.66. The van der Waals surface area contributed by atoms with Crippen LogP contribution in [0.25, 0.3) is 0 Å². The van der Waals surface area contributed by atoms with E-state index in [1.807, 2.05) is 6.07 Å². The second-order valence-corrected chi connectivity index (χ2v) is 5.18. The summed E-state index contributed by atoms with van der Waals surface area (Å²) in [5, 5.41) is 8.93. The molecule has 0 amide bonds. The first-order chi connectivity index (χ1) is 10.2. The fourth-order valence-corrected chi connectivity index (χ4v) is 2.17. The second kappa shape index (κ2) is 7.65. The number of hydrogen-bond donors (Lipinski definition) is 0. The lowest BCUT2D eigenvalue weighted by atomic mass is 10.2. The molecule has 108 valence electrons. The van der Waals surface area contributed by atoms with Crippen molar-refractivity contribution in [2.75, 3.05) is 13.2 Å². The van der Waals surface area contributed by atoms with Gasteiger partial charge in [0, 0.05) is 17.0 Å². The quantitative estimate of drug-likeness (QED) is 0.729. The van der Waals surface area contributed by atoms with Crippen molar-refractivity contribution in [2.45, 2.75) is 6.42 Å². The Morgan fingerprint density at radius 3 is 2.62 bits per heavy atom. The van der Waals surface area contributed by atoms with E-state index in [0.717, 1.165) is 0 Å². The van der Waals surface area contributed by atoms with Crippen molar-refractivity contribution in [1.29, 1.82) is 5.26 Å². The lowest BCUT2D eigenvalue weighted by Gasteiger charge is -2.09. The Morgan fingerprint density at radius 2 is 1.86 bits per heavy atom. The van der Waals surface area contributed by atoms with Gasteiger partial charge >= 0.3 is 0 Å². The van der Waals surface area contributed by atoms with Crippen LogP contribution in [0.15, 0.2) is 46.9 Å². The van der Waals surface area contributed by atoms with E-state index < -0.39 is 0 Å². The summed E-state index contributed by atoms with van der Waals surface area (Å²) in [6.07, 6.45) is 0.633. The van der Waals surface area contributed by atoms with Crippen molar-refractivity contribution in [1.82, 2.24) is 0 Å². The van der Waals surface area contributed by atoms with Crippen molar-refractivity contribution >= 4 is 15.9 Å². The van der Waals surface area contributed by atoms with Gasteiger partial charge in [-0.2, -0.15) is 5.26 Å². The molecule has 0 aliphatic heterocycles. The third-order valence-corrected chi connectivity index (χ3v) is 3.12. The number of benzene rings is 2. The van der Waals surface area contributed by atoms with Crippen molar-refractivity contribution in [2.24, 2.45) is 0 Å². The van der Waals surface area contributed by atoms with Gasteiger partial charge in [0.25, 0.3) is 0 Å². The van der Waals surface area contributed by atoms with Gasteiger partial charge in [-0.25, -0.2) is 4.39 Å². The fraction of sp³-hybridized carbons (Fsp3) is 0.188. The standard InChI is InChI=1S/C16H13BrFNO2/c17-13-8-14(18)10-15(9-13)20-6-3-7-21-16-5-2-1-4-12(16)11-19/h1-2,4-5,8-10H,3,6-7H2. The van der Waals surface area contributed by atoms with Crippen LogP contribution in [-0.4, -0.2) is 13.2 Å². The number of hydrogen-bond acceptors (Lipinski definition) is 3. The number of nitrogens with zero attached hydrogens (tertiary/aromatic N) is 1. The van der Waals surface area contributed by atoms with Crippen molar-refractivity contribution < 1.29 is 13.9 Å². The van der Waals surface area contributed by atoms with Crippen molar-refractivity contribution in [3.8, 4) is 17.6 Å². The molecule has 0 unspecified atom stereocenters. The highest BCUT2D eigenvalue weighted by atomic mass is 79.9. The number of halogens is 2. The zero-order valence-corrected chi connectivity index (χ0v) is 12.8. The van der Waals surface area contributed by atoms with E-state index in [1.54, 1.807) is 24.3 Å². The Kier molecular flexibility index (Phi) is 5.59. The summed E-state index contributed by atoms with van der Waals surface area (Å²) < 4.78 is 24.8. The van der Waals surface area contributed by atoms with Gasteiger partial charge < -0.3 is 9.47 Å². The number of nitriles is 1. The third kappa shape index (κ3) is 4.76. The molecule has 0 fully saturated rings. The van der Waals surface area contributed by atoms with Gasteiger partial charge in [-0.3, -0.25) is 0 Å². The summed E-state index contributed by atoms with van der Waals surface area (Å²) >= 11 is 3.21. The van der Waals surface area contributed by atoms with Crippen LogP contribution in [0.5, 0.6) is 11.5 Å². The van der Waals surface area contributed by atoms with E-state index in [-0.39, 0.29) is 5.82 Å². The monoisotopic (exact) mass is 349 g/mol. The molecule has 3 nitrogen and oxygen atoms in total. The molecule has 21 heavy (non-hydrogen) atoms. The number of para-hydroxylation sites is 1. The molecule has 0 N–H and O–H groups in total. The molecule has 0 aliphatic carbocycles. The highest BCUT2D eigenvalue weighted by molar-refractivity contribution is 9.10. The molecule has 2 aromatic rings. The molecular formula is C16H13BrFNO2. The minimum absolute atomic E-state index is 0.349. The summed E-state index contributed by atoms with van der Waals surface area (Å²) in [6, 6.07) is 13.5. The van der Waals surface area contributed by atoms with Gasteiger partial charge in [0.15, 0.2) is 0 Å². The maximum absolute atomic E-state index is 13.1. The Bertz CT molecular complexity index is 635. The van der Waals surface area contributed by atoms with Crippen molar-refractivity contribution in [3.05, 3.63) is 58.3 Å². The van der Waals surface area contributed by atoms with Gasteiger partial charge in [0.1, 0.15) is 23.4 Å². The van der Waals surface area contributed by atoms with Gasteiger partial charge in [-0.15, -0.1) is 0 Å². The number of rotatable bonds is 6. The maximum atomic E-state index is 13.1. The van der Waals surface area contributed by atoms with Gasteiger partial charge in [0.2, 0.25) is 0 Å². The molecule has 0 aromatic heterocycles. The van der Waals surface area contributed by atoms with Crippen LogP contribution in [0.2, 0.25) is 0 Å². The largest absolute Gasteiger partial charge is 0.493 e. The molecular weight excluding hydrogens is 337 g/mol. The fourth-order valence-electron chi connectivity index (χ4n) is 1.73. The molecule has 2 aromatic carbocycles. The summed E-state index contributed by atoms with van der Waals surface area (Å²) in [7, 11) is 0. The van der Waals surface area contributed by atoms with E-state index in [4.69, 9.17) is 14.7 Å². The van der Waals surface area contributed by atoms with Crippen LogP contribution < -0.4 is 9.47 Å². The normalized spacial score (nSPS) is 9.95. The Morgan fingerprint density at radius 1 is 1.10 bits per heavy atom. The molecule has 5 heteroatoms. The average Bonchev–Trinajstić information content (AvgIpc) is 2.46. The predicted molar refractivity (Wildman–Crippen MR) is 80.9 cm³/mol. The van der Waals surface area contributed by atoms with E-state index >= 15 is 0 Å². The Labute approximate surface area is 131 Å². The van der Waals surface area contributed by atoms with Crippen LogP contribution in [-0.2, 0) is 0 Å². The summed E-state index contributed by atoms with van der Waals surface area (Å²) in [6.45, 7) is 0.833. The van der Waals surface area contributed by atoms with Crippen molar-refractivity contribution in [3.63, 3.8) is 0 Å². The van der Waals surface area contributed by atoms with Crippen LogP contribution in [0.4, 0.5) is 4.39 Å². The number of ether oxygens (including phenoxy) is 2. The molecule has 0 spiro atoms. The lowest BCUT2D eigenvalue weighted by molar-refractivity contribution is 0.246. The minimum Gasteiger partial charge on any atom is -0.493 e. The molecule has 0 saturated carbocycles. The average molecular weight is 350 g/mol. The van der Waals surface area contributed by atoms with E-state index in [2.05, 4.69) is 22.0 Å². The molecule has 0 heterocycles. The van der Waals surface area contributed by atoms with Crippen LogP contribution >= 0.6 is 15.9 Å². The van der Waals surface area contributed by atoms with Gasteiger partial charge in [0.05, 0.1) is 18.8 Å². The zero-order chi connectivity index (χ0) is 15.1. The van der Waals surface area contributed by atoms with Crippen LogP contribution in [0.1, 0.15) is 12.0 Å². The smallest absolute Gasteiger partial charge is 0.137 e. The summed E-state index contributed by atoms with van der Waals surface area (Å²) in [4.78, 5) is 0. The summed E-state index contributed by atoms with van der Waals surface area (Å²) in [5.74, 6) is 0.686.